The third-order valence-electron chi connectivity index (χ3n) is 4.37. The lowest BCUT2D eigenvalue weighted by atomic mass is 9.99. The molecule has 1 aliphatic heterocycles. The molecule has 1 saturated heterocycles. The molecule has 0 spiro atoms. The maximum Gasteiger partial charge on any atom is 0.247 e. The smallest absolute Gasteiger partial charge is 0.247 e. The predicted molar refractivity (Wildman–Crippen MR) is 101 cm³/mol. The first kappa shape index (κ1) is 19.3. The summed E-state index contributed by atoms with van der Waals surface area (Å²) in [4.78, 5) is 29.1. The zero-order valence-corrected chi connectivity index (χ0v) is 16.4. The lowest BCUT2D eigenvalue weighted by Gasteiger charge is -2.41. The molecule has 27 heavy (non-hydrogen) atoms. The molecule has 2 aromatic rings. The van der Waals surface area contributed by atoms with Crippen molar-refractivity contribution in [3.63, 3.8) is 0 Å². The molecule has 10 heteroatoms. The molecule has 8 nitrogen and oxygen atoms in total. The van der Waals surface area contributed by atoms with E-state index in [1.165, 1.54) is 23.3 Å². The van der Waals surface area contributed by atoms with Crippen LogP contribution in [0, 0.1) is 0 Å². The van der Waals surface area contributed by atoms with Crippen LogP contribution >= 0.6 is 23.2 Å². The van der Waals surface area contributed by atoms with Crippen molar-refractivity contribution in [3.8, 4) is 11.4 Å². The molecule has 1 aliphatic rings. The van der Waals surface area contributed by atoms with Crippen LogP contribution < -0.4 is 0 Å². The largest absolute Gasteiger partial charge is 0.335 e. The van der Waals surface area contributed by atoms with Crippen molar-refractivity contribution in [2.45, 2.75) is 13.0 Å². The summed E-state index contributed by atoms with van der Waals surface area (Å²) in [7, 11) is 1.68. The van der Waals surface area contributed by atoms with Crippen LogP contribution in [0.4, 0.5) is 0 Å². The van der Waals surface area contributed by atoms with Crippen LogP contribution in [0.1, 0.15) is 18.5 Å². The average molecular weight is 409 g/mol. The van der Waals surface area contributed by atoms with Crippen LogP contribution in [0.3, 0.4) is 0 Å². The molecule has 3 rings (SSSR count). The van der Waals surface area contributed by atoms with E-state index in [-0.39, 0.29) is 17.9 Å². The van der Waals surface area contributed by atoms with Crippen molar-refractivity contribution in [2.75, 3.05) is 19.6 Å². The molecule has 2 amide bonds. The number of halogens is 2. The molecule has 0 N–H and O–H groups in total. The van der Waals surface area contributed by atoms with Crippen molar-refractivity contribution in [1.29, 1.82) is 0 Å². The second-order valence-electron chi connectivity index (χ2n) is 6.18. The number of carbonyl (C=O) groups excluding carboxylic acids is 2. The van der Waals surface area contributed by atoms with Crippen molar-refractivity contribution in [2.24, 2.45) is 7.05 Å². The number of aromatic nitrogens is 4. The highest BCUT2D eigenvalue weighted by Crippen LogP contribution is 2.31. The molecule has 142 valence electrons. The number of rotatable bonds is 3. The van der Waals surface area contributed by atoms with Gasteiger partial charge in [0, 0.05) is 48.8 Å². The summed E-state index contributed by atoms with van der Waals surface area (Å²) in [6.45, 7) is 2.72. The minimum absolute atomic E-state index is 0.0702. The Morgan fingerprint density at radius 2 is 2.04 bits per heavy atom. The van der Waals surface area contributed by atoms with Gasteiger partial charge in [-0.15, -0.1) is 10.2 Å². The van der Waals surface area contributed by atoms with E-state index < -0.39 is 0 Å². The highest BCUT2D eigenvalue weighted by Gasteiger charge is 2.32. The van der Waals surface area contributed by atoms with Gasteiger partial charge in [0.15, 0.2) is 0 Å². The number of piperazine rings is 1. The number of benzene rings is 1. The monoisotopic (exact) mass is 408 g/mol. The second kappa shape index (κ2) is 8.06. The van der Waals surface area contributed by atoms with Gasteiger partial charge in [-0.3, -0.25) is 9.59 Å². The Morgan fingerprint density at radius 3 is 2.67 bits per heavy atom. The third-order valence-corrected chi connectivity index (χ3v) is 4.72. The molecule has 0 unspecified atom stereocenters. The number of amides is 2. The van der Waals surface area contributed by atoms with Gasteiger partial charge >= 0.3 is 0 Å². The number of carbonyl (C=O) groups is 2. The fourth-order valence-electron chi connectivity index (χ4n) is 3.14. The van der Waals surface area contributed by atoms with E-state index in [1.54, 1.807) is 29.0 Å². The van der Waals surface area contributed by atoms with Crippen LogP contribution in [0.5, 0.6) is 0 Å². The van der Waals surface area contributed by atoms with E-state index in [2.05, 4.69) is 15.4 Å². The Hall–Kier alpha value is -2.45. The molecular weight excluding hydrogens is 391 g/mol. The van der Waals surface area contributed by atoms with E-state index in [0.29, 0.717) is 36.0 Å². The molecular formula is C17H18Cl2N6O2. The standard InChI is InChI=1S/C17H18Cl2N6O2/c1-11(26)25-6-5-24(16(27)3-4-18)10-15(25)12-7-13(9-14(19)8-12)17-20-22-23(2)21-17/h3-4,7-9,15H,5-6,10H2,1-2H3/b4-3+/t15-/m1/s1. The summed E-state index contributed by atoms with van der Waals surface area (Å²) in [5.74, 6) is 0.166. The van der Waals surface area contributed by atoms with Gasteiger partial charge in [0.25, 0.3) is 0 Å². The molecule has 1 aromatic carbocycles. The number of tetrazole rings is 1. The molecule has 0 bridgehead atoms. The van der Waals surface area contributed by atoms with E-state index >= 15 is 0 Å². The van der Waals surface area contributed by atoms with Crippen molar-refractivity contribution >= 4 is 35.0 Å². The number of hydrogen-bond donors (Lipinski definition) is 0. The molecule has 1 fully saturated rings. The number of nitrogens with zero attached hydrogens (tertiary/aromatic N) is 6. The first-order valence-corrected chi connectivity index (χ1v) is 9.08. The number of aryl methyl sites for hydroxylation is 1. The maximum absolute atomic E-state index is 12.2. The summed E-state index contributed by atoms with van der Waals surface area (Å²) < 4.78 is 0. The minimum Gasteiger partial charge on any atom is -0.335 e. The first-order chi connectivity index (χ1) is 12.9. The van der Waals surface area contributed by atoms with E-state index in [1.807, 2.05) is 6.07 Å². The highest BCUT2D eigenvalue weighted by atomic mass is 35.5. The lowest BCUT2D eigenvalue weighted by molar-refractivity contribution is -0.139. The first-order valence-electron chi connectivity index (χ1n) is 8.26. The topological polar surface area (TPSA) is 84.2 Å². The Bertz CT molecular complexity index is 897. The van der Waals surface area contributed by atoms with Gasteiger partial charge in [-0.2, -0.15) is 4.80 Å². The van der Waals surface area contributed by atoms with Gasteiger partial charge in [0.2, 0.25) is 17.6 Å². The zero-order chi connectivity index (χ0) is 19.6. The highest BCUT2D eigenvalue weighted by molar-refractivity contribution is 6.31. The van der Waals surface area contributed by atoms with Gasteiger partial charge in [-0.25, -0.2) is 0 Å². The second-order valence-corrected chi connectivity index (χ2v) is 6.87. The molecule has 0 saturated carbocycles. The van der Waals surface area contributed by atoms with Crippen LogP contribution in [0.25, 0.3) is 11.4 Å². The molecule has 1 atom stereocenters. The van der Waals surface area contributed by atoms with Gasteiger partial charge in [-0.1, -0.05) is 23.2 Å². The summed E-state index contributed by atoms with van der Waals surface area (Å²) in [5.41, 5.74) is 2.68. The fraction of sp³-hybridized carbons (Fsp3) is 0.353. The lowest BCUT2D eigenvalue weighted by Crippen LogP contribution is -2.51. The van der Waals surface area contributed by atoms with E-state index in [9.17, 15) is 9.59 Å². The van der Waals surface area contributed by atoms with Gasteiger partial charge in [0.05, 0.1) is 13.1 Å². The number of hydrogen-bond acceptors (Lipinski definition) is 5. The fourth-order valence-corrected chi connectivity index (χ4v) is 3.49. The summed E-state index contributed by atoms with van der Waals surface area (Å²) in [6, 6.07) is 5.06. The van der Waals surface area contributed by atoms with Gasteiger partial charge < -0.3 is 9.80 Å². The summed E-state index contributed by atoms with van der Waals surface area (Å²) >= 11 is 11.8. The molecule has 2 heterocycles. The maximum atomic E-state index is 12.2. The van der Waals surface area contributed by atoms with Crippen LogP contribution in [-0.2, 0) is 16.6 Å². The Morgan fingerprint density at radius 1 is 1.26 bits per heavy atom. The van der Waals surface area contributed by atoms with E-state index in [0.717, 1.165) is 5.56 Å². The molecule has 0 aliphatic carbocycles. The SMILES string of the molecule is CC(=O)N1CCN(C(=O)/C=C/Cl)C[C@@H]1c1cc(Cl)cc(-c2nnn(C)n2)c1. The van der Waals surface area contributed by atoms with Crippen LogP contribution in [-0.4, -0.2) is 61.5 Å². The Kier molecular flexibility index (Phi) is 5.76. The van der Waals surface area contributed by atoms with Crippen LogP contribution in [0.15, 0.2) is 29.8 Å². The van der Waals surface area contributed by atoms with Gasteiger partial charge in [0.1, 0.15) is 0 Å². The van der Waals surface area contributed by atoms with Gasteiger partial charge in [-0.05, 0) is 29.0 Å². The van der Waals surface area contributed by atoms with Crippen LogP contribution in [0.2, 0.25) is 5.02 Å². The van der Waals surface area contributed by atoms with Crippen molar-refractivity contribution in [1.82, 2.24) is 30.0 Å². The third kappa shape index (κ3) is 4.28. The summed E-state index contributed by atoms with van der Waals surface area (Å²) in [6.07, 6.45) is 1.30. The average Bonchev–Trinajstić information content (AvgIpc) is 3.07. The zero-order valence-electron chi connectivity index (χ0n) is 14.8. The normalized spacial score (nSPS) is 17.6. The Labute approximate surface area is 166 Å². The quantitative estimate of drug-likeness (QED) is 0.725. The predicted octanol–water partition coefficient (Wildman–Crippen LogP) is 2.01. The van der Waals surface area contributed by atoms with E-state index in [4.69, 9.17) is 23.2 Å². The van der Waals surface area contributed by atoms with Crippen molar-refractivity contribution < 1.29 is 9.59 Å². The molecule has 0 radical (unpaired) electrons. The Balaban J connectivity index is 1.98. The van der Waals surface area contributed by atoms with Crippen molar-refractivity contribution in [3.05, 3.63) is 40.4 Å². The summed E-state index contributed by atoms with van der Waals surface area (Å²) in [5, 5.41) is 12.5. The minimum atomic E-state index is -0.335. The molecule has 1 aromatic heterocycles.